The van der Waals surface area contributed by atoms with E-state index in [2.05, 4.69) is 13.2 Å². The standard InChI is InChI=1S/C14H25NO4S/c1-4-6-20-14-12(18)10(16)11(17)13(19-14)9(15)7-8(3)5-2/h4-5,8-14,16-18H,1-2,6-7,15H2,3H3. The van der Waals surface area contributed by atoms with E-state index < -0.39 is 35.9 Å². The van der Waals surface area contributed by atoms with Crippen LogP contribution in [0.2, 0.25) is 0 Å². The maximum absolute atomic E-state index is 10.0. The molecular formula is C14H25NO4S. The van der Waals surface area contributed by atoms with Gasteiger partial charge in [0.05, 0.1) is 0 Å². The molecule has 0 aromatic rings. The lowest BCUT2D eigenvalue weighted by Crippen LogP contribution is -2.61. The van der Waals surface area contributed by atoms with Crippen LogP contribution in [0.25, 0.3) is 0 Å². The van der Waals surface area contributed by atoms with Gasteiger partial charge in [-0.25, -0.2) is 0 Å². The molecule has 0 spiro atoms. The zero-order valence-corrected chi connectivity index (χ0v) is 12.6. The highest BCUT2D eigenvalue weighted by molar-refractivity contribution is 7.99. The number of ether oxygens (including phenoxy) is 1. The molecule has 0 bridgehead atoms. The summed E-state index contributed by atoms with van der Waals surface area (Å²) in [6, 6.07) is -0.438. The van der Waals surface area contributed by atoms with Gasteiger partial charge in [0, 0.05) is 11.8 Å². The first-order valence-electron chi connectivity index (χ1n) is 6.72. The molecule has 116 valence electrons. The molecule has 6 heteroatoms. The van der Waals surface area contributed by atoms with Crippen LogP contribution in [0, 0.1) is 5.92 Å². The number of rotatable bonds is 7. The van der Waals surface area contributed by atoms with Gasteiger partial charge in [0.2, 0.25) is 0 Å². The lowest BCUT2D eigenvalue weighted by molar-refractivity contribution is -0.203. The fraction of sp³-hybridized carbons (Fsp3) is 0.714. The molecule has 1 saturated heterocycles. The Morgan fingerprint density at radius 3 is 2.45 bits per heavy atom. The van der Waals surface area contributed by atoms with Crippen molar-refractivity contribution >= 4 is 11.8 Å². The number of aliphatic hydroxyl groups excluding tert-OH is 3. The van der Waals surface area contributed by atoms with Crippen LogP contribution in [0.15, 0.2) is 25.3 Å². The Morgan fingerprint density at radius 2 is 1.90 bits per heavy atom. The first-order valence-corrected chi connectivity index (χ1v) is 7.77. The van der Waals surface area contributed by atoms with Gasteiger partial charge in [0.25, 0.3) is 0 Å². The maximum Gasteiger partial charge on any atom is 0.132 e. The van der Waals surface area contributed by atoms with Crippen LogP contribution >= 0.6 is 11.8 Å². The molecule has 20 heavy (non-hydrogen) atoms. The molecule has 7 atom stereocenters. The summed E-state index contributed by atoms with van der Waals surface area (Å²) in [5, 5.41) is 29.9. The zero-order chi connectivity index (χ0) is 15.3. The van der Waals surface area contributed by atoms with Crippen molar-refractivity contribution in [2.45, 2.75) is 49.2 Å². The maximum atomic E-state index is 10.0. The number of thioether (sulfide) groups is 1. The first kappa shape index (κ1) is 17.7. The fourth-order valence-corrected chi connectivity index (χ4v) is 3.08. The first-order chi connectivity index (χ1) is 9.42. The van der Waals surface area contributed by atoms with Crippen molar-refractivity contribution in [2.75, 3.05) is 5.75 Å². The van der Waals surface area contributed by atoms with Crippen LogP contribution in [0.3, 0.4) is 0 Å². The smallest absolute Gasteiger partial charge is 0.132 e. The molecule has 0 aliphatic carbocycles. The summed E-state index contributed by atoms with van der Waals surface area (Å²) in [6.45, 7) is 9.27. The lowest BCUT2D eigenvalue weighted by Gasteiger charge is -2.42. The fourth-order valence-electron chi connectivity index (χ4n) is 2.19. The van der Waals surface area contributed by atoms with Gasteiger partial charge in [-0.1, -0.05) is 19.1 Å². The summed E-state index contributed by atoms with van der Waals surface area (Å²) < 4.78 is 5.69. The van der Waals surface area contributed by atoms with Crippen molar-refractivity contribution in [1.82, 2.24) is 0 Å². The monoisotopic (exact) mass is 303 g/mol. The second-order valence-electron chi connectivity index (χ2n) is 5.18. The van der Waals surface area contributed by atoms with Gasteiger partial charge in [0.15, 0.2) is 0 Å². The predicted octanol–water partition coefficient (Wildman–Crippen LogP) is 0.253. The summed E-state index contributed by atoms with van der Waals surface area (Å²) in [6.07, 6.45) is -0.253. The highest BCUT2D eigenvalue weighted by atomic mass is 32.2. The largest absolute Gasteiger partial charge is 0.388 e. The highest BCUT2D eigenvalue weighted by Crippen LogP contribution is 2.30. The summed E-state index contributed by atoms with van der Waals surface area (Å²) in [5.41, 5.74) is 5.44. The van der Waals surface area contributed by atoms with Crippen molar-refractivity contribution < 1.29 is 20.1 Å². The number of aliphatic hydroxyl groups is 3. The van der Waals surface area contributed by atoms with Gasteiger partial charge in [-0.15, -0.1) is 24.9 Å². The molecule has 5 N–H and O–H groups in total. The Balaban J connectivity index is 2.73. The molecule has 0 aromatic carbocycles. The molecule has 1 aliphatic heterocycles. The van der Waals surface area contributed by atoms with Crippen molar-refractivity contribution in [2.24, 2.45) is 11.7 Å². The highest BCUT2D eigenvalue weighted by Gasteiger charge is 2.45. The van der Waals surface area contributed by atoms with Crippen LogP contribution in [0.4, 0.5) is 0 Å². The number of nitrogens with two attached hydrogens (primary N) is 1. The average molecular weight is 303 g/mol. The molecule has 0 aromatic heterocycles. The van der Waals surface area contributed by atoms with Gasteiger partial charge in [-0.2, -0.15) is 0 Å². The number of hydrogen-bond donors (Lipinski definition) is 4. The minimum atomic E-state index is -1.26. The SMILES string of the molecule is C=CCSC1OC(C(N)CC(C)C=C)C(O)C(O)C1O. The quantitative estimate of drug-likeness (QED) is 0.504. The Bertz CT molecular complexity index is 328. The van der Waals surface area contributed by atoms with Crippen LogP contribution in [-0.2, 0) is 4.74 Å². The van der Waals surface area contributed by atoms with E-state index in [-0.39, 0.29) is 5.92 Å². The Hall–Kier alpha value is -0.370. The molecule has 1 heterocycles. The van der Waals surface area contributed by atoms with Crippen LogP contribution in [0.1, 0.15) is 13.3 Å². The van der Waals surface area contributed by atoms with Crippen molar-refractivity contribution in [3.05, 3.63) is 25.3 Å². The number of hydrogen-bond acceptors (Lipinski definition) is 6. The van der Waals surface area contributed by atoms with E-state index in [0.29, 0.717) is 12.2 Å². The predicted molar refractivity (Wildman–Crippen MR) is 81.3 cm³/mol. The van der Waals surface area contributed by atoms with Crippen molar-refractivity contribution in [3.63, 3.8) is 0 Å². The van der Waals surface area contributed by atoms with E-state index >= 15 is 0 Å². The van der Waals surface area contributed by atoms with Gasteiger partial charge in [-0.05, 0) is 12.3 Å². The van der Waals surface area contributed by atoms with E-state index in [4.69, 9.17) is 10.5 Å². The third-order valence-corrected chi connectivity index (χ3v) is 4.60. The molecular weight excluding hydrogens is 278 g/mol. The third-order valence-electron chi connectivity index (χ3n) is 3.45. The minimum absolute atomic E-state index is 0.184. The normalized spacial score (nSPS) is 37.1. The molecule has 7 unspecified atom stereocenters. The molecule has 1 aliphatic rings. The minimum Gasteiger partial charge on any atom is -0.388 e. The van der Waals surface area contributed by atoms with Gasteiger partial charge < -0.3 is 25.8 Å². The van der Waals surface area contributed by atoms with Gasteiger partial charge in [-0.3, -0.25) is 0 Å². The molecule has 1 rings (SSSR count). The Morgan fingerprint density at radius 1 is 1.25 bits per heavy atom. The van der Waals surface area contributed by atoms with Crippen molar-refractivity contribution in [3.8, 4) is 0 Å². The van der Waals surface area contributed by atoms with Crippen LogP contribution in [-0.4, -0.2) is 57.0 Å². The molecule has 0 amide bonds. The van der Waals surface area contributed by atoms with E-state index in [0.717, 1.165) is 0 Å². The van der Waals surface area contributed by atoms with E-state index in [1.807, 2.05) is 6.92 Å². The summed E-state index contributed by atoms with van der Waals surface area (Å²) >= 11 is 1.32. The van der Waals surface area contributed by atoms with Crippen LogP contribution in [0.5, 0.6) is 0 Å². The zero-order valence-electron chi connectivity index (χ0n) is 11.8. The molecule has 1 fully saturated rings. The molecule has 0 saturated carbocycles. The van der Waals surface area contributed by atoms with Gasteiger partial charge >= 0.3 is 0 Å². The number of allylic oxidation sites excluding steroid dienone is 1. The summed E-state index contributed by atoms with van der Waals surface area (Å²) in [5.74, 6) is 0.763. The summed E-state index contributed by atoms with van der Waals surface area (Å²) in [4.78, 5) is 0. The van der Waals surface area contributed by atoms with E-state index in [1.165, 1.54) is 11.8 Å². The summed E-state index contributed by atoms with van der Waals surface area (Å²) in [7, 11) is 0. The average Bonchev–Trinajstić information content (AvgIpc) is 2.43. The van der Waals surface area contributed by atoms with Gasteiger partial charge in [0.1, 0.15) is 29.9 Å². The molecule has 0 radical (unpaired) electrons. The van der Waals surface area contributed by atoms with Crippen molar-refractivity contribution in [1.29, 1.82) is 0 Å². The second-order valence-corrected chi connectivity index (χ2v) is 6.31. The van der Waals surface area contributed by atoms with E-state index in [9.17, 15) is 15.3 Å². The third kappa shape index (κ3) is 4.31. The Kier molecular flexibility index (Phi) is 7.22. The van der Waals surface area contributed by atoms with Crippen LogP contribution < -0.4 is 5.73 Å². The Labute approximate surface area is 124 Å². The topological polar surface area (TPSA) is 95.9 Å². The van der Waals surface area contributed by atoms with E-state index in [1.54, 1.807) is 12.2 Å². The molecule has 5 nitrogen and oxygen atoms in total. The second kappa shape index (κ2) is 8.17. The lowest BCUT2D eigenvalue weighted by atomic mass is 9.90.